The second-order valence-corrected chi connectivity index (χ2v) is 9.18. The Labute approximate surface area is 176 Å². The molecule has 4 heterocycles. The van der Waals surface area contributed by atoms with Gasteiger partial charge in [0.25, 0.3) is 11.5 Å². The zero-order valence-corrected chi connectivity index (χ0v) is 17.8. The van der Waals surface area contributed by atoms with Crippen LogP contribution in [-0.2, 0) is 13.0 Å². The third-order valence-corrected chi connectivity index (χ3v) is 6.76. The van der Waals surface area contributed by atoms with Gasteiger partial charge in [0.05, 0.1) is 17.3 Å². The first-order valence-electron chi connectivity index (χ1n) is 11.2. The standard InChI is InChI=1S/C22H30N6O2/c1-13(2)27-10-8-16-15(12-27)21(29)24-20(23-16)19-5-3-4-9-28(19)22(30)18-11-17(25-26-18)14-6-7-14/h11,13-14,19H,3-10,12H2,1-2H3,(H,25,26)(H,23,24,29)/t19-/m1/s1. The lowest BCUT2D eigenvalue weighted by molar-refractivity contribution is 0.0592. The van der Waals surface area contributed by atoms with Gasteiger partial charge >= 0.3 is 0 Å². The van der Waals surface area contributed by atoms with Gasteiger partial charge in [0.2, 0.25) is 0 Å². The molecule has 160 valence electrons. The van der Waals surface area contributed by atoms with Crippen molar-refractivity contribution in [2.45, 2.75) is 76.9 Å². The van der Waals surface area contributed by atoms with Gasteiger partial charge < -0.3 is 9.88 Å². The molecule has 30 heavy (non-hydrogen) atoms. The molecular formula is C22H30N6O2. The molecule has 8 nitrogen and oxygen atoms in total. The summed E-state index contributed by atoms with van der Waals surface area (Å²) in [5, 5.41) is 7.31. The number of aromatic amines is 2. The second-order valence-electron chi connectivity index (χ2n) is 9.18. The van der Waals surface area contributed by atoms with Crippen LogP contribution in [0.4, 0.5) is 0 Å². The third-order valence-electron chi connectivity index (χ3n) is 6.76. The molecule has 5 rings (SSSR count). The van der Waals surface area contributed by atoms with E-state index >= 15 is 0 Å². The van der Waals surface area contributed by atoms with Crippen molar-refractivity contribution < 1.29 is 4.79 Å². The van der Waals surface area contributed by atoms with Crippen molar-refractivity contribution in [2.75, 3.05) is 13.1 Å². The summed E-state index contributed by atoms with van der Waals surface area (Å²) in [4.78, 5) is 38.2. The highest BCUT2D eigenvalue weighted by Gasteiger charge is 2.34. The molecule has 1 aliphatic carbocycles. The summed E-state index contributed by atoms with van der Waals surface area (Å²) in [5.74, 6) is 1.08. The lowest BCUT2D eigenvalue weighted by Crippen LogP contribution is -2.42. The number of carbonyl (C=O) groups is 1. The van der Waals surface area contributed by atoms with Gasteiger partial charge in [0, 0.05) is 43.7 Å². The van der Waals surface area contributed by atoms with Crippen LogP contribution in [-0.4, -0.2) is 55.0 Å². The molecule has 2 aromatic heterocycles. The monoisotopic (exact) mass is 410 g/mol. The number of rotatable bonds is 4. The Morgan fingerprint density at radius 3 is 2.80 bits per heavy atom. The first-order valence-corrected chi connectivity index (χ1v) is 11.2. The molecule has 1 atom stereocenters. The van der Waals surface area contributed by atoms with E-state index in [1.54, 1.807) is 0 Å². The number of nitrogens with zero attached hydrogens (tertiary/aromatic N) is 4. The summed E-state index contributed by atoms with van der Waals surface area (Å²) in [7, 11) is 0. The zero-order chi connectivity index (χ0) is 20.8. The SMILES string of the molecule is CC(C)N1CCc2nc([C@H]3CCCCN3C(=O)c3cc(C4CC4)[nH]n3)[nH]c(=O)c2C1. The molecule has 0 bridgehead atoms. The number of piperidine rings is 1. The number of nitrogens with one attached hydrogen (secondary N) is 2. The van der Waals surface area contributed by atoms with Crippen LogP contribution in [0.3, 0.4) is 0 Å². The molecule has 0 unspecified atom stereocenters. The molecule has 8 heteroatoms. The fourth-order valence-electron chi connectivity index (χ4n) is 4.72. The predicted octanol–water partition coefficient (Wildman–Crippen LogP) is 2.50. The van der Waals surface area contributed by atoms with E-state index in [1.165, 1.54) is 0 Å². The smallest absolute Gasteiger partial charge is 0.274 e. The van der Waals surface area contributed by atoms with E-state index in [4.69, 9.17) is 4.98 Å². The fraction of sp³-hybridized carbons (Fsp3) is 0.636. The second kappa shape index (κ2) is 7.65. The van der Waals surface area contributed by atoms with E-state index < -0.39 is 0 Å². The van der Waals surface area contributed by atoms with Gasteiger partial charge in [0.1, 0.15) is 11.5 Å². The van der Waals surface area contributed by atoms with Crippen LogP contribution in [0.1, 0.15) is 91.2 Å². The van der Waals surface area contributed by atoms with Crippen LogP contribution < -0.4 is 5.56 Å². The molecule has 2 aliphatic heterocycles. The summed E-state index contributed by atoms with van der Waals surface area (Å²) < 4.78 is 0. The van der Waals surface area contributed by atoms with E-state index in [1.807, 2.05) is 11.0 Å². The molecule has 1 saturated heterocycles. The van der Waals surface area contributed by atoms with Crippen molar-refractivity contribution in [3.63, 3.8) is 0 Å². The van der Waals surface area contributed by atoms with Crippen LogP contribution in [0.15, 0.2) is 10.9 Å². The van der Waals surface area contributed by atoms with Crippen LogP contribution in [0, 0.1) is 0 Å². The number of carbonyl (C=O) groups excluding carboxylic acids is 1. The zero-order valence-electron chi connectivity index (χ0n) is 17.8. The Balaban J connectivity index is 1.42. The molecule has 1 amide bonds. The fourth-order valence-corrected chi connectivity index (χ4v) is 4.72. The molecule has 0 aromatic carbocycles. The normalized spacial score (nSPS) is 22.4. The van der Waals surface area contributed by atoms with Gasteiger partial charge in [-0.05, 0) is 52.0 Å². The van der Waals surface area contributed by atoms with Gasteiger partial charge in [-0.15, -0.1) is 0 Å². The maximum Gasteiger partial charge on any atom is 0.274 e. The van der Waals surface area contributed by atoms with Crippen LogP contribution in [0.5, 0.6) is 0 Å². The average molecular weight is 411 g/mol. The van der Waals surface area contributed by atoms with Crippen LogP contribution in [0.2, 0.25) is 0 Å². The van der Waals surface area contributed by atoms with Crippen molar-refractivity contribution in [3.05, 3.63) is 44.9 Å². The summed E-state index contributed by atoms with van der Waals surface area (Å²) in [6, 6.07) is 2.10. The topological polar surface area (TPSA) is 98.0 Å². The Bertz CT molecular complexity index is 1010. The van der Waals surface area contributed by atoms with E-state index in [0.29, 0.717) is 36.6 Å². The Morgan fingerprint density at radius 2 is 2.03 bits per heavy atom. The lowest BCUT2D eigenvalue weighted by Gasteiger charge is -2.35. The van der Waals surface area contributed by atoms with Crippen molar-refractivity contribution in [1.29, 1.82) is 0 Å². The maximum atomic E-state index is 13.2. The Morgan fingerprint density at radius 1 is 1.20 bits per heavy atom. The minimum atomic E-state index is -0.201. The quantitative estimate of drug-likeness (QED) is 0.807. The van der Waals surface area contributed by atoms with Gasteiger partial charge in [-0.3, -0.25) is 19.6 Å². The number of amides is 1. The highest BCUT2D eigenvalue weighted by molar-refractivity contribution is 5.92. The average Bonchev–Trinajstić information content (AvgIpc) is 3.49. The molecule has 0 spiro atoms. The summed E-state index contributed by atoms with van der Waals surface area (Å²) in [6.07, 6.45) is 5.89. The first kappa shape index (κ1) is 19.5. The molecule has 2 N–H and O–H groups in total. The van der Waals surface area contributed by atoms with Crippen molar-refractivity contribution in [1.82, 2.24) is 30.0 Å². The minimum Gasteiger partial charge on any atom is -0.327 e. The summed E-state index contributed by atoms with van der Waals surface area (Å²) >= 11 is 0. The van der Waals surface area contributed by atoms with Gasteiger partial charge in [-0.2, -0.15) is 5.10 Å². The van der Waals surface area contributed by atoms with Crippen LogP contribution in [0.25, 0.3) is 0 Å². The van der Waals surface area contributed by atoms with E-state index in [9.17, 15) is 9.59 Å². The number of likely N-dealkylation sites (tertiary alicyclic amines) is 1. The molecular weight excluding hydrogens is 380 g/mol. The summed E-state index contributed by atoms with van der Waals surface area (Å²) in [6.45, 7) is 6.51. The van der Waals surface area contributed by atoms with Gasteiger partial charge in [-0.25, -0.2) is 4.98 Å². The highest BCUT2D eigenvalue weighted by Crippen LogP contribution is 2.39. The van der Waals surface area contributed by atoms with E-state index in [2.05, 4.69) is 33.9 Å². The van der Waals surface area contributed by atoms with E-state index in [0.717, 1.165) is 62.0 Å². The van der Waals surface area contributed by atoms with Crippen molar-refractivity contribution in [3.8, 4) is 0 Å². The lowest BCUT2D eigenvalue weighted by atomic mass is 9.99. The molecule has 3 aliphatic rings. The maximum absolute atomic E-state index is 13.2. The number of aromatic nitrogens is 4. The van der Waals surface area contributed by atoms with E-state index in [-0.39, 0.29) is 17.5 Å². The Hall–Kier alpha value is -2.48. The molecule has 1 saturated carbocycles. The number of hydrogen-bond donors (Lipinski definition) is 2. The highest BCUT2D eigenvalue weighted by atomic mass is 16.2. The van der Waals surface area contributed by atoms with Gasteiger partial charge in [-0.1, -0.05) is 0 Å². The largest absolute Gasteiger partial charge is 0.327 e. The third kappa shape index (κ3) is 3.57. The predicted molar refractivity (Wildman–Crippen MR) is 112 cm³/mol. The number of H-pyrrole nitrogens is 2. The van der Waals surface area contributed by atoms with Gasteiger partial charge in [0.15, 0.2) is 0 Å². The summed E-state index contributed by atoms with van der Waals surface area (Å²) in [5.41, 5.74) is 3.13. The first-order chi connectivity index (χ1) is 14.5. The minimum absolute atomic E-state index is 0.0610. The number of fused-ring (bicyclic) bond motifs is 1. The number of hydrogen-bond acceptors (Lipinski definition) is 5. The molecule has 2 fully saturated rings. The van der Waals surface area contributed by atoms with Crippen molar-refractivity contribution in [2.24, 2.45) is 0 Å². The molecule has 0 radical (unpaired) electrons. The Kier molecular flexibility index (Phi) is 4.97. The van der Waals surface area contributed by atoms with Crippen molar-refractivity contribution >= 4 is 5.91 Å². The van der Waals surface area contributed by atoms with Crippen LogP contribution >= 0.6 is 0 Å². The molecule has 2 aromatic rings.